The summed E-state index contributed by atoms with van der Waals surface area (Å²) < 4.78 is 18.8. The predicted molar refractivity (Wildman–Crippen MR) is 174 cm³/mol. The van der Waals surface area contributed by atoms with Crippen molar-refractivity contribution in [2.24, 2.45) is 0 Å². The Morgan fingerprint density at radius 3 is 2.41 bits per heavy atom. The number of thioether (sulfide) groups is 1. The van der Waals surface area contributed by atoms with Gasteiger partial charge in [0.05, 0.1) is 24.1 Å². The monoisotopic (exact) mass is 649 g/mol. The molecule has 5 rings (SSSR count). The first-order valence-corrected chi connectivity index (χ1v) is 16.3. The van der Waals surface area contributed by atoms with Crippen LogP contribution in [0.25, 0.3) is 0 Å². The number of halogens is 1. The number of hydrogen-bond donors (Lipinski definition) is 4. The molecule has 1 aliphatic heterocycles. The number of hydrogen-bond acceptors (Lipinski definition) is 7. The number of nitrogens with zero attached hydrogens (tertiary/aromatic N) is 1. The third-order valence-corrected chi connectivity index (χ3v) is 10.0. The lowest BCUT2D eigenvalue weighted by atomic mass is 9.96. The van der Waals surface area contributed by atoms with Crippen LogP contribution in [0.5, 0.6) is 5.75 Å². The Morgan fingerprint density at radius 2 is 1.72 bits per heavy atom. The zero-order valence-electron chi connectivity index (χ0n) is 26.3. The molecule has 0 radical (unpaired) electrons. The smallest absolute Gasteiger partial charge is 0.258 e. The summed E-state index contributed by atoms with van der Waals surface area (Å²) in [4.78, 5) is 42.3. The molecule has 3 aromatic rings. The van der Waals surface area contributed by atoms with Gasteiger partial charge in [0.1, 0.15) is 17.6 Å². The van der Waals surface area contributed by atoms with Crippen molar-refractivity contribution in [1.82, 2.24) is 15.5 Å². The van der Waals surface area contributed by atoms with Crippen LogP contribution in [-0.2, 0) is 27.2 Å². The second-order valence-corrected chi connectivity index (χ2v) is 14.1. The molecular formula is C35H40FN3O6S. The van der Waals surface area contributed by atoms with Crippen molar-refractivity contribution in [2.45, 2.75) is 75.6 Å². The summed E-state index contributed by atoms with van der Waals surface area (Å²) in [5.41, 5.74) is 3.65. The summed E-state index contributed by atoms with van der Waals surface area (Å²) in [5, 5.41) is 28.0. The Kier molecular flexibility index (Phi) is 10.0. The second-order valence-electron chi connectivity index (χ2n) is 12.5. The van der Waals surface area contributed by atoms with E-state index in [0.29, 0.717) is 23.3 Å². The molecule has 0 unspecified atom stereocenters. The summed E-state index contributed by atoms with van der Waals surface area (Å²) in [7, 11) is 0. The standard InChI is InChI=1S/C35H40FN3O6S/c1-20-14-24(36)15-21(2)31(20)45-18-28(41)37-26(16-22-10-6-5-7-11-22)30(42)34(44)39-19-46-35(3,4)32(39)33(43)38-29-25-13-9-8-12-23(25)17-27(29)40/h5-15,26-27,29-30,32,40,42H,16-19H2,1-4H3,(H,37,41)(H,38,43)/t26-,27+,29-,30-,32+/m0/s1. The molecule has 3 aromatic carbocycles. The molecule has 1 fully saturated rings. The highest BCUT2D eigenvalue weighted by Crippen LogP contribution is 2.41. The fraction of sp³-hybridized carbons (Fsp3) is 0.400. The van der Waals surface area contributed by atoms with E-state index in [9.17, 15) is 29.0 Å². The van der Waals surface area contributed by atoms with Gasteiger partial charge in [0, 0.05) is 11.2 Å². The van der Waals surface area contributed by atoms with Gasteiger partial charge < -0.3 is 30.5 Å². The lowest BCUT2D eigenvalue weighted by Gasteiger charge is -2.34. The molecule has 1 saturated heterocycles. The molecule has 1 aliphatic carbocycles. The van der Waals surface area contributed by atoms with Gasteiger partial charge in [-0.3, -0.25) is 14.4 Å². The molecule has 0 aromatic heterocycles. The molecule has 9 nitrogen and oxygen atoms in total. The highest BCUT2D eigenvalue weighted by molar-refractivity contribution is 8.00. The van der Waals surface area contributed by atoms with Crippen LogP contribution >= 0.6 is 11.8 Å². The van der Waals surface area contributed by atoms with Crippen LogP contribution in [0, 0.1) is 19.7 Å². The molecule has 5 atom stereocenters. The number of aryl methyl sites for hydroxylation is 2. The quantitative estimate of drug-likeness (QED) is 0.265. The van der Waals surface area contributed by atoms with Gasteiger partial charge in [-0.05, 0) is 74.1 Å². The SMILES string of the molecule is Cc1cc(F)cc(C)c1OCC(=O)N[C@@H](Cc1ccccc1)[C@H](O)C(=O)N1CSC(C)(C)[C@H]1C(=O)N[C@H]1c2ccccc2C[C@H]1O. The first-order valence-electron chi connectivity index (χ1n) is 15.3. The minimum atomic E-state index is -1.68. The largest absolute Gasteiger partial charge is 0.483 e. The average Bonchev–Trinajstić information content (AvgIpc) is 3.50. The summed E-state index contributed by atoms with van der Waals surface area (Å²) in [6.45, 7) is 6.67. The lowest BCUT2D eigenvalue weighted by Crippen LogP contribution is -2.59. The minimum absolute atomic E-state index is 0.139. The number of fused-ring (bicyclic) bond motifs is 1. The Labute approximate surface area is 272 Å². The van der Waals surface area contributed by atoms with Crippen LogP contribution < -0.4 is 15.4 Å². The van der Waals surface area contributed by atoms with Crippen LogP contribution in [0.3, 0.4) is 0 Å². The van der Waals surface area contributed by atoms with E-state index in [1.165, 1.54) is 28.8 Å². The molecule has 46 heavy (non-hydrogen) atoms. The number of ether oxygens (including phenoxy) is 1. The normalized spacial score (nSPS) is 21.3. The lowest BCUT2D eigenvalue weighted by molar-refractivity contribution is -0.148. The molecule has 244 valence electrons. The maximum atomic E-state index is 14.0. The van der Waals surface area contributed by atoms with E-state index in [2.05, 4.69) is 10.6 Å². The van der Waals surface area contributed by atoms with E-state index in [1.807, 2.05) is 68.4 Å². The van der Waals surface area contributed by atoms with Crippen LogP contribution in [-0.4, -0.2) is 74.4 Å². The van der Waals surface area contributed by atoms with E-state index in [4.69, 9.17) is 4.74 Å². The highest BCUT2D eigenvalue weighted by Gasteiger charge is 2.50. The van der Waals surface area contributed by atoms with E-state index < -0.39 is 65.2 Å². The van der Waals surface area contributed by atoms with Gasteiger partial charge >= 0.3 is 0 Å². The van der Waals surface area contributed by atoms with Crippen molar-refractivity contribution < 1.29 is 33.7 Å². The number of nitrogens with one attached hydrogen (secondary N) is 2. The summed E-state index contributed by atoms with van der Waals surface area (Å²) in [5.74, 6) is -1.57. The molecule has 1 heterocycles. The van der Waals surface area contributed by atoms with Crippen LogP contribution in [0.2, 0.25) is 0 Å². The average molecular weight is 650 g/mol. The topological polar surface area (TPSA) is 128 Å². The number of carbonyl (C=O) groups excluding carboxylic acids is 3. The summed E-state index contributed by atoms with van der Waals surface area (Å²) in [6, 6.07) is 16.7. The number of aliphatic hydroxyl groups excluding tert-OH is 2. The van der Waals surface area contributed by atoms with Gasteiger partial charge in [-0.1, -0.05) is 54.6 Å². The molecule has 0 bridgehead atoms. The second kappa shape index (κ2) is 13.8. The minimum Gasteiger partial charge on any atom is -0.483 e. The third kappa shape index (κ3) is 7.22. The zero-order chi connectivity index (χ0) is 33.2. The van der Waals surface area contributed by atoms with Gasteiger partial charge in [-0.15, -0.1) is 11.8 Å². The van der Waals surface area contributed by atoms with E-state index in [0.717, 1.165) is 16.7 Å². The first-order chi connectivity index (χ1) is 21.9. The fourth-order valence-corrected chi connectivity index (χ4v) is 7.50. The van der Waals surface area contributed by atoms with Crippen molar-refractivity contribution in [3.63, 3.8) is 0 Å². The molecule has 3 amide bonds. The molecule has 2 aliphatic rings. The van der Waals surface area contributed by atoms with Crippen molar-refractivity contribution in [3.8, 4) is 5.75 Å². The number of rotatable bonds is 10. The van der Waals surface area contributed by atoms with Gasteiger partial charge in [-0.2, -0.15) is 0 Å². The predicted octanol–water partition coefficient (Wildman–Crippen LogP) is 3.36. The van der Waals surface area contributed by atoms with Crippen molar-refractivity contribution >= 4 is 29.5 Å². The number of aliphatic hydroxyl groups is 2. The summed E-state index contributed by atoms with van der Waals surface area (Å²) in [6.07, 6.45) is -1.93. The van der Waals surface area contributed by atoms with Crippen LogP contribution in [0.15, 0.2) is 66.7 Å². The molecule has 11 heteroatoms. The number of carbonyl (C=O) groups is 3. The summed E-state index contributed by atoms with van der Waals surface area (Å²) >= 11 is 1.41. The van der Waals surface area contributed by atoms with Crippen molar-refractivity contribution in [1.29, 1.82) is 0 Å². The Hall–Kier alpha value is -3.93. The van der Waals surface area contributed by atoms with Crippen molar-refractivity contribution in [2.75, 3.05) is 12.5 Å². The van der Waals surface area contributed by atoms with E-state index in [-0.39, 0.29) is 12.3 Å². The first kappa shape index (κ1) is 33.4. The van der Waals surface area contributed by atoms with Gasteiger partial charge in [0.25, 0.3) is 11.8 Å². The highest BCUT2D eigenvalue weighted by atomic mass is 32.2. The Bertz CT molecular complexity index is 1580. The van der Waals surface area contributed by atoms with Crippen LogP contribution in [0.1, 0.15) is 47.7 Å². The van der Waals surface area contributed by atoms with Gasteiger partial charge in [-0.25, -0.2) is 4.39 Å². The maximum Gasteiger partial charge on any atom is 0.258 e. The maximum absolute atomic E-state index is 14.0. The third-order valence-electron chi connectivity index (χ3n) is 8.63. The number of amides is 3. The zero-order valence-corrected chi connectivity index (χ0v) is 27.1. The number of benzene rings is 3. The van der Waals surface area contributed by atoms with Crippen molar-refractivity contribution in [3.05, 3.63) is 100 Å². The van der Waals surface area contributed by atoms with Gasteiger partial charge in [0.15, 0.2) is 12.7 Å². The molecular weight excluding hydrogens is 609 g/mol. The van der Waals surface area contributed by atoms with E-state index in [1.54, 1.807) is 13.8 Å². The Balaban J connectivity index is 1.33. The Morgan fingerprint density at radius 1 is 1.07 bits per heavy atom. The van der Waals surface area contributed by atoms with Gasteiger partial charge in [0.2, 0.25) is 5.91 Å². The molecule has 4 N–H and O–H groups in total. The molecule has 0 spiro atoms. The molecule has 0 saturated carbocycles. The fourth-order valence-electron chi connectivity index (χ4n) is 6.36. The van der Waals surface area contributed by atoms with E-state index >= 15 is 0 Å². The van der Waals surface area contributed by atoms with Crippen LogP contribution in [0.4, 0.5) is 4.39 Å².